The first-order chi connectivity index (χ1) is 10.2. The summed E-state index contributed by atoms with van der Waals surface area (Å²) in [4.78, 5) is 20.4. The van der Waals surface area contributed by atoms with Crippen molar-refractivity contribution in [2.24, 2.45) is 7.05 Å². The van der Waals surface area contributed by atoms with Crippen LogP contribution in [0.2, 0.25) is 0 Å². The van der Waals surface area contributed by atoms with E-state index < -0.39 is 0 Å². The number of hydrogen-bond acceptors (Lipinski definition) is 7. The van der Waals surface area contributed by atoms with E-state index in [2.05, 4.69) is 14.5 Å². The third-order valence-electron chi connectivity index (χ3n) is 3.22. The monoisotopic (exact) mass is 308 g/mol. The lowest BCUT2D eigenvalue weighted by molar-refractivity contribution is -0.117. The number of carbonyl (C=O) groups is 1. The van der Waals surface area contributed by atoms with Gasteiger partial charge in [-0.2, -0.15) is 9.47 Å². The predicted molar refractivity (Wildman–Crippen MR) is 78.4 cm³/mol. The van der Waals surface area contributed by atoms with Crippen LogP contribution in [0.15, 0.2) is 12.4 Å². The van der Waals surface area contributed by atoms with Gasteiger partial charge in [0.1, 0.15) is 6.61 Å². The lowest BCUT2D eigenvalue weighted by Crippen LogP contribution is -2.50. The van der Waals surface area contributed by atoms with E-state index in [4.69, 9.17) is 4.74 Å². The van der Waals surface area contributed by atoms with Crippen LogP contribution in [0.1, 0.15) is 5.82 Å². The van der Waals surface area contributed by atoms with E-state index in [-0.39, 0.29) is 5.91 Å². The first-order valence-corrected chi connectivity index (χ1v) is 7.30. The number of anilines is 2. The molecule has 2 aromatic rings. The molecular formula is C12H16N6O2S. The topological polar surface area (TPSA) is 76.4 Å². The van der Waals surface area contributed by atoms with Gasteiger partial charge in [-0.15, -0.1) is 0 Å². The highest BCUT2D eigenvalue weighted by Crippen LogP contribution is 2.22. The minimum absolute atomic E-state index is 0.0396. The van der Waals surface area contributed by atoms with Crippen LogP contribution < -0.4 is 9.80 Å². The summed E-state index contributed by atoms with van der Waals surface area (Å²) < 4.78 is 10.9. The molecule has 8 nitrogen and oxygen atoms in total. The summed E-state index contributed by atoms with van der Waals surface area (Å²) in [5.74, 6) is 0.692. The number of methoxy groups -OCH3 is 1. The highest BCUT2D eigenvalue weighted by Gasteiger charge is 2.27. The molecule has 1 saturated heterocycles. The number of nitrogens with zero attached hydrogens (tertiary/aromatic N) is 6. The molecule has 0 bridgehead atoms. The molecule has 1 aliphatic heterocycles. The molecule has 3 rings (SSSR count). The highest BCUT2D eigenvalue weighted by molar-refractivity contribution is 7.09. The summed E-state index contributed by atoms with van der Waals surface area (Å²) in [5, 5.41) is 4.87. The Kier molecular flexibility index (Phi) is 3.84. The standard InChI is InChI=1S/C12H16N6O2S/c1-16-6-9(5-13-16)18-4-3-17(7-11(18)19)12-14-10(8-20-2)15-21-12/h5-6H,3-4,7-8H2,1-2H3. The molecule has 1 amide bonds. The van der Waals surface area contributed by atoms with E-state index in [9.17, 15) is 4.79 Å². The van der Waals surface area contributed by atoms with Crippen molar-refractivity contribution >= 4 is 28.3 Å². The van der Waals surface area contributed by atoms with Crippen molar-refractivity contribution in [1.29, 1.82) is 0 Å². The molecule has 0 radical (unpaired) electrons. The van der Waals surface area contributed by atoms with Crippen LogP contribution >= 0.6 is 11.5 Å². The van der Waals surface area contributed by atoms with Crippen molar-refractivity contribution in [1.82, 2.24) is 19.1 Å². The number of carbonyl (C=O) groups excluding carboxylic acids is 1. The van der Waals surface area contributed by atoms with Gasteiger partial charge >= 0.3 is 0 Å². The lowest BCUT2D eigenvalue weighted by atomic mass is 10.3. The maximum atomic E-state index is 12.3. The molecule has 112 valence electrons. The number of aromatic nitrogens is 4. The molecule has 0 spiro atoms. The highest BCUT2D eigenvalue weighted by atomic mass is 32.1. The Hall–Kier alpha value is -2.00. The third kappa shape index (κ3) is 2.88. The van der Waals surface area contributed by atoms with Crippen LogP contribution in [-0.4, -0.2) is 51.8 Å². The Morgan fingerprint density at radius 2 is 2.29 bits per heavy atom. The van der Waals surface area contributed by atoms with Crippen LogP contribution in [0.5, 0.6) is 0 Å². The van der Waals surface area contributed by atoms with Crippen LogP contribution in [0.25, 0.3) is 0 Å². The molecule has 3 heterocycles. The van der Waals surface area contributed by atoms with Gasteiger partial charge in [-0.25, -0.2) is 4.98 Å². The maximum Gasteiger partial charge on any atom is 0.246 e. The van der Waals surface area contributed by atoms with Crippen molar-refractivity contribution in [3.8, 4) is 0 Å². The second kappa shape index (κ2) is 5.78. The summed E-state index contributed by atoms with van der Waals surface area (Å²) in [7, 11) is 3.44. The maximum absolute atomic E-state index is 12.3. The van der Waals surface area contributed by atoms with Gasteiger partial charge in [-0.1, -0.05) is 0 Å². The first kappa shape index (κ1) is 14.0. The van der Waals surface area contributed by atoms with Crippen molar-refractivity contribution in [3.63, 3.8) is 0 Å². The van der Waals surface area contributed by atoms with Gasteiger partial charge in [0.15, 0.2) is 5.82 Å². The number of amides is 1. The molecule has 0 saturated carbocycles. The Morgan fingerprint density at radius 3 is 2.95 bits per heavy atom. The van der Waals surface area contributed by atoms with Crippen LogP contribution in [-0.2, 0) is 23.2 Å². The smallest absolute Gasteiger partial charge is 0.246 e. The Balaban J connectivity index is 1.68. The zero-order valence-corrected chi connectivity index (χ0v) is 12.7. The van der Waals surface area contributed by atoms with Gasteiger partial charge in [-0.3, -0.25) is 9.48 Å². The fourth-order valence-corrected chi connectivity index (χ4v) is 2.92. The average molecular weight is 308 g/mol. The molecular weight excluding hydrogens is 292 g/mol. The second-order valence-electron chi connectivity index (χ2n) is 4.77. The Bertz CT molecular complexity index is 639. The lowest BCUT2D eigenvalue weighted by Gasteiger charge is -2.33. The number of piperazine rings is 1. The van der Waals surface area contributed by atoms with E-state index in [1.54, 1.807) is 22.9 Å². The summed E-state index contributed by atoms with van der Waals surface area (Å²) >= 11 is 1.30. The number of hydrogen-bond donors (Lipinski definition) is 0. The predicted octanol–water partition coefficient (Wildman–Crippen LogP) is 0.271. The van der Waals surface area contributed by atoms with Crippen molar-refractivity contribution < 1.29 is 9.53 Å². The number of ether oxygens (including phenoxy) is 1. The van der Waals surface area contributed by atoms with Crippen LogP contribution in [0, 0.1) is 0 Å². The minimum Gasteiger partial charge on any atom is -0.377 e. The Morgan fingerprint density at radius 1 is 1.43 bits per heavy atom. The molecule has 21 heavy (non-hydrogen) atoms. The SMILES string of the molecule is COCc1nsc(N2CCN(c3cnn(C)c3)C(=O)C2)n1. The number of rotatable bonds is 4. The quantitative estimate of drug-likeness (QED) is 0.807. The summed E-state index contributed by atoms with van der Waals surface area (Å²) in [6.07, 6.45) is 3.55. The minimum atomic E-state index is 0.0396. The van der Waals surface area contributed by atoms with Gasteiger partial charge in [0.2, 0.25) is 11.0 Å². The largest absolute Gasteiger partial charge is 0.377 e. The third-order valence-corrected chi connectivity index (χ3v) is 4.04. The molecule has 1 aliphatic rings. The van der Waals surface area contributed by atoms with E-state index in [1.165, 1.54) is 11.5 Å². The molecule has 0 aliphatic carbocycles. The van der Waals surface area contributed by atoms with E-state index in [0.29, 0.717) is 25.5 Å². The summed E-state index contributed by atoms with van der Waals surface area (Å²) in [6, 6.07) is 0. The van der Waals surface area contributed by atoms with Gasteiger partial charge in [0.25, 0.3) is 0 Å². The van der Waals surface area contributed by atoms with E-state index >= 15 is 0 Å². The molecule has 0 N–H and O–H groups in total. The van der Waals surface area contributed by atoms with Gasteiger partial charge in [-0.05, 0) is 0 Å². The summed E-state index contributed by atoms with van der Waals surface area (Å²) in [5.41, 5.74) is 0.833. The van der Waals surface area contributed by atoms with Crippen molar-refractivity contribution in [2.75, 3.05) is 36.5 Å². The normalized spacial score (nSPS) is 15.8. The molecule has 9 heteroatoms. The van der Waals surface area contributed by atoms with Gasteiger partial charge in [0, 0.05) is 45.0 Å². The summed E-state index contributed by atoms with van der Waals surface area (Å²) in [6.45, 7) is 2.03. The van der Waals surface area contributed by atoms with Crippen molar-refractivity contribution in [3.05, 3.63) is 18.2 Å². The molecule has 2 aromatic heterocycles. The Labute approximate surface area is 126 Å². The molecule has 0 atom stereocenters. The fraction of sp³-hybridized carbons (Fsp3) is 0.500. The van der Waals surface area contributed by atoms with Crippen LogP contribution in [0.4, 0.5) is 10.8 Å². The van der Waals surface area contributed by atoms with Gasteiger partial charge in [0.05, 0.1) is 18.4 Å². The zero-order valence-electron chi connectivity index (χ0n) is 11.9. The van der Waals surface area contributed by atoms with E-state index in [0.717, 1.165) is 17.4 Å². The second-order valence-corrected chi connectivity index (χ2v) is 5.50. The first-order valence-electron chi connectivity index (χ1n) is 6.53. The van der Waals surface area contributed by atoms with Crippen LogP contribution in [0.3, 0.4) is 0 Å². The average Bonchev–Trinajstić information content (AvgIpc) is 3.08. The molecule has 0 aromatic carbocycles. The zero-order chi connectivity index (χ0) is 14.8. The molecule has 1 fully saturated rings. The fourth-order valence-electron chi connectivity index (χ4n) is 2.22. The number of aryl methyl sites for hydroxylation is 1. The van der Waals surface area contributed by atoms with Crippen molar-refractivity contribution in [2.45, 2.75) is 6.61 Å². The van der Waals surface area contributed by atoms with Gasteiger partial charge < -0.3 is 14.5 Å². The van der Waals surface area contributed by atoms with E-state index in [1.807, 2.05) is 18.1 Å². The molecule has 0 unspecified atom stereocenters.